The zero-order valence-electron chi connectivity index (χ0n) is 15.0. The van der Waals surface area contributed by atoms with E-state index < -0.39 is 18.0 Å². The number of carbonyl (C=O) groups excluding carboxylic acids is 2. The summed E-state index contributed by atoms with van der Waals surface area (Å²) >= 11 is 0. The fraction of sp³-hybridized carbons (Fsp3) is 0.0952. The molecule has 0 fully saturated rings. The molecule has 2 N–H and O–H groups in total. The summed E-state index contributed by atoms with van der Waals surface area (Å²) in [7, 11) is 1.31. The molecule has 0 bridgehead atoms. The van der Waals surface area contributed by atoms with E-state index in [0.717, 1.165) is 0 Å². The highest BCUT2D eigenvalue weighted by molar-refractivity contribution is 5.96. The maximum absolute atomic E-state index is 12.0. The molecule has 0 aliphatic rings. The summed E-state index contributed by atoms with van der Waals surface area (Å²) in [4.78, 5) is 23.8. The van der Waals surface area contributed by atoms with Crippen molar-refractivity contribution in [1.29, 1.82) is 0 Å². The first-order valence-corrected chi connectivity index (χ1v) is 8.43. The summed E-state index contributed by atoms with van der Waals surface area (Å²) in [6.07, 6.45) is -0.0164. The number of hydrazone groups is 1. The fourth-order valence-corrected chi connectivity index (χ4v) is 2.56. The van der Waals surface area contributed by atoms with E-state index in [9.17, 15) is 14.7 Å². The molecular formula is C21H18N2O5. The molecule has 7 nitrogen and oxygen atoms in total. The predicted octanol–water partition coefficient (Wildman–Crippen LogP) is 2.92. The van der Waals surface area contributed by atoms with Gasteiger partial charge in [0.25, 0.3) is 5.91 Å². The van der Waals surface area contributed by atoms with Gasteiger partial charge in [-0.15, -0.1) is 0 Å². The van der Waals surface area contributed by atoms with E-state index in [4.69, 9.17) is 9.15 Å². The summed E-state index contributed by atoms with van der Waals surface area (Å²) in [6, 6.07) is 18.8. The molecule has 0 saturated heterocycles. The highest BCUT2D eigenvalue weighted by atomic mass is 16.5. The lowest BCUT2D eigenvalue weighted by molar-refractivity contribution is -0.129. The molecule has 0 saturated carbocycles. The molecule has 1 aromatic heterocycles. The van der Waals surface area contributed by atoms with Crippen molar-refractivity contribution in [3.8, 4) is 11.3 Å². The molecule has 3 rings (SSSR count). The second-order valence-electron chi connectivity index (χ2n) is 5.79. The second-order valence-corrected chi connectivity index (χ2v) is 5.79. The molecule has 28 heavy (non-hydrogen) atoms. The van der Waals surface area contributed by atoms with E-state index in [0.29, 0.717) is 28.2 Å². The maximum atomic E-state index is 12.0. The quantitative estimate of drug-likeness (QED) is 0.390. The van der Waals surface area contributed by atoms with Gasteiger partial charge in [-0.2, -0.15) is 5.10 Å². The van der Waals surface area contributed by atoms with Crippen molar-refractivity contribution in [2.24, 2.45) is 5.10 Å². The van der Waals surface area contributed by atoms with E-state index in [-0.39, 0.29) is 0 Å². The van der Waals surface area contributed by atoms with Crippen molar-refractivity contribution in [1.82, 2.24) is 5.43 Å². The number of ether oxygens (including phenoxy) is 1. The molecule has 0 aliphatic heterocycles. The first-order valence-electron chi connectivity index (χ1n) is 8.43. The molecule has 142 valence electrons. The van der Waals surface area contributed by atoms with E-state index in [1.54, 1.807) is 66.7 Å². The third-order valence-electron chi connectivity index (χ3n) is 3.95. The number of rotatable bonds is 6. The summed E-state index contributed by atoms with van der Waals surface area (Å²) in [5.41, 5.74) is 3.69. The van der Waals surface area contributed by atoms with Crippen LogP contribution in [-0.4, -0.2) is 30.3 Å². The van der Waals surface area contributed by atoms with Crippen molar-refractivity contribution < 1.29 is 23.8 Å². The third-order valence-corrected chi connectivity index (χ3v) is 3.95. The molecule has 0 spiro atoms. The Labute approximate surface area is 161 Å². The van der Waals surface area contributed by atoms with Crippen LogP contribution < -0.4 is 5.43 Å². The van der Waals surface area contributed by atoms with Crippen LogP contribution in [0.2, 0.25) is 0 Å². The van der Waals surface area contributed by atoms with Crippen LogP contribution >= 0.6 is 0 Å². The minimum Gasteiger partial charge on any atom is -0.465 e. The number of aliphatic hydroxyl groups excluding tert-OH is 1. The zero-order chi connectivity index (χ0) is 19.9. The van der Waals surface area contributed by atoms with Crippen molar-refractivity contribution in [3.63, 3.8) is 0 Å². The largest absolute Gasteiger partial charge is 0.465 e. The summed E-state index contributed by atoms with van der Waals surface area (Å²) in [5, 5.41) is 13.8. The Bertz CT molecular complexity index is 995. The molecule has 0 unspecified atom stereocenters. The van der Waals surface area contributed by atoms with Gasteiger partial charge >= 0.3 is 5.97 Å². The molecule has 2 aromatic carbocycles. The Morgan fingerprint density at radius 2 is 1.79 bits per heavy atom. The lowest BCUT2D eigenvalue weighted by Crippen LogP contribution is -2.25. The summed E-state index contributed by atoms with van der Waals surface area (Å²) in [5.74, 6) is -0.308. The van der Waals surface area contributed by atoms with Crippen LogP contribution in [-0.2, 0) is 9.53 Å². The number of aliphatic hydroxyl groups is 1. The van der Waals surface area contributed by atoms with Gasteiger partial charge in [-0.05, 0) is 23.8 Å². The van der Waals surface area contributed by atoms with Crippen LogP contribution in [0.5, 0.6) is 0 Å². The van der Waals surface area contributed by atoms with Crippen LogP contribution in [0.4, 0.5) is 0 Å². The second kappa shape index (κ2) is 8.79. The number of esters is 1. The molecule has 7 heteroatoms. The fourth-order valence-electron chi connectivity index (χ4n) is 2.56. The van der Waals surface area contributed by atoms with Crippen molar-refractivity contribution in [3.05, 3.63) is 83.6 Å². The van der Waals surface area contributed by atoms with Gasteiger partial charge in [-0.3, -0.25) is 4.79 Å². The topological polar surface area (TPSA) is 101 Å². The molecule has 1 heterocycles. The van der Waals surface area contributed by atoms with E-state index >= 15 is 0 Å². The Morgan fingerprint density at radius 3 is 2.54 bits per heavy atom. The Hall–Kier alpha value is -3.71. The van der Waals surface area contributed by atoms with E-state index in [1.165, 1.54) is 13.3 Å². The van der Waals surface area contributed by atoms with Gasteiger partial charge in [0.05, 0.1) is 18.9 Å². The van der Waals surface area contributed by atoms with Crippen LogP contribution in [0, 0.1) is 0 Å². The number of carbonyl (C=O) groups is 2. The van der Waals surface area contributed by atoms with Crippen LogP contribution in [0.1, 0.15) is 27.8 Å². The van der Waals surface area contributed by atoms with Gasteiger partial charge < -0.3 is 14.3 Å². The number of benzene rings is 2. The standard InChI is InChI=1S/C21H18N2O5/c1-27-21(26)17-10-6-5-9-16(17)18-12-11-15(28-18)13-22-23-20(25)19(24)14-7-3-2-4-8-14/h2-13,19,24H,1H3,(H,23,25)/b22-13-/t19-/m1/s1. The van der Waals surface area contributed by atoms with Gasteiger partial charge in [-0.1, -0.05) is 48.5 Å². The smallest absolute Gasteiger partial charge is 0.338 e. The molecule has 1 amide bonds. The van der Waals surface area contributed by atoms with Gasteiger partial charge in [0.1, 0.15) is 11.5 Å². The van der Waals surface area contributed by atoms with Crippen LogP contribution in [0.15, 0.2) is 76.2 Å². The van der Waals surface area contributed by atoms with Gasteiger partial charge in [0, 0.05) is 5.56 Å². The van der Waals surface area contributed by atoms with Crippen molar-refractivity contribution >= 4 is 18.1 Å². The van der Waals surface area contributed by atoms with Crippen LogP contribution in [0.25, 0.3) is 11.3 Å². The summed E-state index contributed by atoms with van der Waals surface area (Å²) < 4.78 is 10.4. The SMILES string of the molecule is COC(=O)c1ccccc1-c1ccc(/C=N\NC(=O)[C@H](O)c2ccccc2)o1. The average molecular weight is 378 g/mol. The number of furan rings is 1. The highest BCUT2D eigenvalue weighted by Gasteiger charge is 2.17. The lowest BCUT2D eigenvalue weighted by atomic mass is 10.1. The normalized spacial score (nSPS) is 11.9. The number of amides is 1. The van der Waals surface area contributed by atoms with E-state index in [2.05, 4.69) is 10.5 Å². The average Bonchev–Trinajstić information content (AvgIpc) is 3.22. The zero-order valence-corrected chi connectivity index (χ0v) is 15.0. The molecule has 3 aromatic rings. The Kier molecular flexibility index (Phi) is 5.98. The monoisotopic (exact) mass is 378 g/mol. The first-order chi connectivity index (χ1) is 13.6. The summed E-state index contributed by atoms with van der Waals surface area (Å²) in [6.45, 7) is 0. The van der Waals surface area contributed by atoms with Gasteiger partial charge in [0.15, 0.2) is 6.10 Å². The minimum atomic E-state index is -1.32. The predicted molar refractivity (Wildman–Crippen MR) is 103 cm³/mol. The number of nitrogens with zero attached hydrogens (tertiary/aromatic N) is 1. The van der Waals surface area contributed by atoms with Gasteiger partial charge in [-0.25, -0.2) is 10.2 Å². The van der Waals surface area contributed by atoms with Crippen molar-refractivity contribution in [2.45, 2.75) is 6.10 Å². The van der Waals surface area contributed by atoms with Gasteiger partial charge in [0.2, 0.25) is 0 Å². The number of hydrogen-bond donors (Lipinski definition) is 2. The third kappa shape index (κ3) is 4.33. The number of hydrogen-bond acceptors (Lipinski definition) is 6. The molecule has 0 aliphatic carbocycles. The first kappa shape index (κ1) is 19.1. The maximum Gasteiger partial charge on any atom is 0.338 e. The molecule has 1 atom stereocenters. The Morgan fingerprint density at radius 1 is 1.07 bits per heavy atom. The molecule has 0 radical (unpaired) electrons. The number of methoxy groups -OCH3 is 1. The van der Waals surface area contributed by atoms with Crippen LogP contribution in [0.3, 0.4) is 0 Å². The van der Waals surface area contributed by atoms with E-state index in [1.807, 2.05) is 0 Å². The lowest BCUT2D eigenvalue weighted by Gasteiger charge is -2.08. The Balaban J connectivity index is 1.68. The highest BCUT2D eigenvalue weighted by Crippen LogP contribution is 2.26. The number of nitrogens with one attached hydrogen (secondary N) is 1. The molecular weight excluding hydrogens is 360 g/mol. The minimum absolute atomic E-state index is 0.365. The van der Waals surface area contributed by atoms with Crippen molar-refractivity contribution in [2.75, 3.05) is 7.11 Å².